The zero-order valence-electron chi connectivity index (χ0n) is 8.85. The van der Waals surface area contributed by atoms with E-state index in [0.29, 0.717) is 5.13 Å². The Kier molecular flexibility index (Phi) is 4.18. The van der Waals surface area contributed by atoms with E-state index in [1.54, 1.807) is 0 Å². The number of carbonyl (C=O) groups excluding carboxylic acids is 1. The number of hydrogen-bond donors (Lipinski definition) is 3. The second kappa shape index (κ2) is 5.40. The molecule has 16 heavy (non-hydrogen) atoms. The molecule has 3 N–H and O–H groups in total. The van der Waals surface area contributed by atoms with Crippen LogP contribution in [0, 0.1) is 0 Å². The van der Waals surface area contributed by atoms with Crippen molar-refractivity contribution in [2.75, 3.05) is 5.32 Å². The van der Waals surface area contributed by atoms with Gasteiger partial charge in [-0.25, -0.2) is 4.79 Å². The molecule has 2 amide bonds. The monoisotopic (exact) mass is 244 g/mol. The molecule has 8 heteroatoms. The summed E-state index contributed by atoms with van der Waals surface area (Å²) in [6, 6.07) is -1.55. The summed E-state index contributed by atoms with van der Waals surface area (Å²) >= 11 is 1.26. The van der Waals surface area contributed by atoms with Gasteiger partial charge in [-0.1, -0.05) is 18.3 Å². The average molecular weight is 244 g/mol. The Labute approximate surface area is 95.9 Å². The van der Waals surface area contributed by atoms with E-state index in [0.717, 1.165) is 11.4 Å². The molecule has 88 valence electrons. The maximum atomic E-state index is 11.3. The predicted molar refractivity (Wildman–Crippen MR) is 58.5 cm³/mol. The fraction of sp³-hybridized carbons (Fsp3) is 0.500. The van der Waals surface area contributed by atoms with Gasteiger partial charge in [0.2, 0.25) is 5.13 Å². The lowest BCUT2D eigenvalue weighted by atomic mass is 10.3. The van der Waals surface area contributed by atoms with Crippen molar-refractivity contribution in [3.05, 3.63) is 5.01 Å². The largest absolute Gasteiger partial charge is 0.480 e. The summed E-state index contributed by atoms with van der Waals surface area (Å²) < 4.78 is 0. The van der Waals surface area contributed by atoms with Gasteiger partial charge < -0.3 is 10.4 Å². The van der Waals surface area contributed by atoms with Gasteiger partial charge in [0.15, 0.2) is 0 Å². The SMILES string of the molecule is CCc1nnc(NC(=O)N[C@H](C)C(=O)O)s1. The maximum absolute atomic E-state index is 11.3. The van der Waals surface area contributed by atoms with Gasteiger partial charge in [-0.05, 0) is 13.3 Å². The Morgan fingerprint density at radius 3 is 2.69 bits per heavy atom. The van der Waals surface area contributed by atoms with Gasteiger partial charge in [-0.2, -0.15) is 0 Å². The number of aromatic nitrogens is 2. The second-order valence-corrected chi connectivity index (χ2v) is 4.07. The van der Waals surface area contributed by atoms with Crippen LogP contribution >= 0.6 is 11.3 Å². The van der Waals surface area contributed by atoms with E-state index in [1.165, 1.54) is 18.3 Å². The number of rotatable bonds is 4. The van der Waals surface area contributed by atoms with Crippen molar-refractivity contribution < 1.29 is 14.7 Å². The molecule has 0 radical (unpaired) electrons. The molecule has 1 aromatic rings. The minimum absolute atomic E-state index is 0.354. The molecule has 0 saturated carbocycles. The minimum atomic E-state index is -1.10. The molecule has 7 nitrogen and oxygen atoms in total. The van der Waals surface area contributed by atoms with Crippen LogP contribution in [-0.2, 0) is 11.2 Å². The van der Waals surface area contributed by atoms with Crippen LogP contribution in [-0.4, -0.2) is 33.3 Å². The number of amides is 2. The molecule has 0 aliphatic carbocycles. The van der Waals surface area contributed by atoms with Gasteiger partial charge in [0, 0.05) is 0 Å². The number of carboxylic acids is 1. The highest BCUT2D eigenvalue weighted by molar-refractivity contribution is 7.15. The van der Waals surface area contributed by atoms with Crippen LogP contribution in [0.4, 0.5) is 9.93 Å². The third-order valence-corrected chi connectivity index (χ3v) is 2.69. The fourth-order valence-corrected chi connectivity index (χ4v) is 1.51. The number of carboxylic acid groups (broad SMARTS) is 1. The topological polar surface area (TPSA) is 104 Å². The van der Waals surface area contributed by atoms with E-state index >= 15 is 0 Å². The summed E-state index contributed by atoms with van der Waals surface area (Å²) in [6.07, 6.45) is 0.743. The van der Waals surface area contributed by atoms with E-state index in [9.17, 15) is 9.59 Å². The van der Waals surface area contributed by atoms with Gasteiger partial charge in [0.05, 0.1) is 0 Å². The van der Waals surface area contributed by atoms with Crippen LogP contribution in [0.1, 0.15) is 18.9 Å². The van der Waals surface area contributed by atoms with E-state index in [4.69, 9.17) is 5.11 Å². The minimum Gasteiger partial charge on any atom is -0.480 e. The second-order valence-electron chi connectivity index (χ2n) is 3.01. The molecule has 1 aromatic heterocycles. The van der Waals surface area contributed by atoms with E-state index < -0.39 is 18.0 Å². The fourth-order valence-electron chi connectivity index (χ4n) is 0.839. The summed E-state index contributed by atoms with van der Waals surface area (Å²) in [6.45, 7) is 3.30. The van der Waals surface area contributed by atoms with Gasteiger partial charge in [0.25, 0.3) is 0 Å². The van der Waals surface area contributed by atoms with Crippen molar-refractivity contribution in [1.29, 1.82) is 0 Å². The van der Waals surface area contributed by atoms with E-state index in [1.807, 2.05) is 6.92 Å². The molecular weight excluding hydrogens is 232 g/mol. The standard InChI is InChI=1S/C8H12N4O3S/c1-3-5-11-12-8(16-5)10-7(15)9-4(2)6(13)14/h4H,3H2,1-2H3,(H,13,14)(H2,9,10,12,15)/t4-/m1/s1. The van der Waals surface area contributed by atoms with Crippen LogP contribution in [0.2, 0.25) is 0 Å². The molecule has 0 aromatic carbocycles. The number of urea groups is 1. The van der Waals surface area contributed by atoms with Crippen molar-refractivity contribution >= 4 is 28.5 Å². The van der Waals surface area contributed by atoms with Crippen molar-refractivity contribution in [2.45, 2.75) is 26.3 Å². The summed E-state index contributed by atoms with van der Waals surface area (Å²) in [5, 5.41) is 21.9. The average Bonchev–Trinajstić information content (AvgIpc) is 2.65. The maximum Gasteiger partial charge on any atom is 0.325 e. The number of aryl methyl sites for hydroxylation is 1. The molecule has 0 spiro atoms. The Bertz CT molecular complexity index is 392. The van der Waals surface area contributed by atoms with Crippen LogP contribution in [0.15, 0.2) is 0 Å². The highest BCUT2D eigenvalue weighted by atomic mass is 32.1. The highest BCUT2D eigenvalue weighted by Crippen LogP contribution is 2.14. The van der Waals surface area contributed by atoms with Crippen LogP contribution in [0.25, 0.3) is 0 Å². The summed E-state index contributed by atoms with van der Waals surface area (Å²) in [5.74, 6) is -1.10. The van der Waals surface area contributed by atoms with Crippen molar-refractivity contribution in [3.8, 4) is 0 Å². The van der Waals surface area contributed by atoms with Crippen molar-refractivity contribution in [2.24, 2.45) is 0 Å². The third-order valence-electron chi connectivity index (χ3n) is 1.71. The lowest BCUT2D eigenvalue weighted by Gasteiger charge is -2.08. The first-order valence-corrected chi connectivity index (χ1v) is 5.47. The highest BCUT2D eigenvalue weighted by Gasteiger charge is 2.14. The number of nitrogens with zero attached hydrogens (tertiary/aromatic N) is 2. The van der Waals surface area contributed by atoms with Crippen molar-refractivity contribution in [1.82, 2.24) is 15.5 Å². The number of hydrogen-bond acceptors (Lipinski definition) is 5. The van der Waals surface area contributed by atoms with Gasteiger partial charge in [0.1, 0.15) is 11.0 Å². The first-order chi connectivity index (χ1) is 7.52. The Balaban J connectivity index is 2.48. The predicted octanol–water partition coefficient (Wildman–Crippen LogP) is 0.695. The molecule has 0 fully saturated rings. The molecule has 0 saturated heterocycles. The molecule has 0 unspecified atom stereocenters. The molecular formula is C8H12N4O3S. The number of aliphatic carboxylic acids is 1. The zero-order valence-corrected chi connectivity index (χ0v) is 9.67. The first-order valence-electron chi connectivity index (χ1n) is 4.65. The number of anilines is 1. The molecule has 0 bridgehead atoms. The molecule has 0 aliphatic heterocycles. The summed E-state index contributed by atoms with van der Waals surface area (Å²) in [7, 11) is 0. The summed E-state index contributed by atoms with van der Waals surface area (Å²) in [5.41, 5.74) is 0. The quantitative estimate of drug-likeness (QED) is 0.723. The van der Waals surface area contributed by atoms with Crippen LogP contribution < -0.4 is 10.6 Å². The Hall–Kier alpha value is -1.70. The molecule has 1 rings (SSSR count). The third kappa shape index (κ3) is 3.46. The zero-order chi connectivity index (χ0) is 12.1. The van der Waals surface area contributed by atoms with Crippen LogP contribution in [0.5, 0.6) is 0 Å². The van der Waals surface area contributed by atoms with Crippen LogP contribution in [0.3, 0.4) is 0 Å². The normalized spacial score (nSPS) is 11.9. The number of nitrogens with one attached hydrogen (secondary N) is 2. The smallest absolute Gasteiger partial charge is 0.325 e. The first kappa shape index (κ1) is 12.4. The molecule has 0 aliphatic rings. The van der Waals surface area contributed by atoms with Gasteiger partial charge in [-0.15, -0.1) is 10.2 Å². The Morgan fingerprint density at radius 1 is 1.50 bits per heavy atom. The molecule has 1 heterocycles. The van der Waals surface area contributed by atoms with Gasteiger partial charge >= 0.3 is 12.0 Å². The summed E-state index contributed by atoms with van der Waals surface area (Å²) in [4.78, 5) is 21.7. The lowest BCUT2D eigenvalue weighted by Crippen LogP contribution is -2.40. The molecule has 1 atom stereocenters. The van der Waals surface area contributed by atoms with Crippen molar-refractivity contribution in [3.63, 3.8) is 0 Å². The van der Waals surface area contributed by atoms with Gasteiger partial charge in [-0.3, -0.25) is 10.1 Å². The van der Waals surface area contributed by atoms with E-state index in [2.05, 4.69) is 20.8 Å². The lowest BCUT2D eigenvalue weighted by molar-refractivity contribution is -0.138. The Morgan fingerprint density at radius 2 is 2.19 bits per heavy atom. The number of carbonyl (C=O) groups is 2. The van der Waals surface area contributed by atoms with E-state index in [-0.39, 0.29) is 0 Å².